The molecule has 4 aromatic rings. The van der Waals surface area contributed by atoms with E-state index < -0.39 is 0 Å². The first-order chi connectivity index (χ1) is 10.4. The number of imidazole rings is 1. The highest BCUT2D eigenvalue weighted by atomic mass is 35.5. The molecular formula is C17H14ClN4+. The zero-order valence-electron chi connectivity index (χ0n) is 11.7. The topological polar surface area (TPSA) is 34.6 Å². The van der Waals surface area contributed by atoms with Crippen molar-refractivity contribution in [2.24, 2.45) is 0 Å². The molecule has 0 aliphatic carbocycles. The van der Waals surface area contributed by atoms with Gasteiger partial charge in [0.1, 0.15) is 17.6 Å². The zero-order chi connectivity index (χ0) is 14.1. The van der Waals surface area contributed by atoms with Crippen LogP contribution >= 0.6 is 12.4 Å². The van der Waals surface area contributed by atoms with E-state index in [1.165, 1.54) is 0 Å². The van der Waals surface area contributed by atoms with Crippen molar-refractivity contribution in [2.75, 3.05) is 0 Å². The van der Waals surface area contributed by atoms with Gasteiger partial charge < -0.3 is 0 Å². The third-order valence-electron chi connectivity index (χ3n) is 3.42. The van der Waals surface area contributed by atoms with Crippen LogP contribution in [0.3, 0.4) is 0 Å². The molecule has 4 rings (SSSR count). The molecule has 0 fully saturated rings. The van der Waals surface area contributed by atoms with E-state index in [-0.39, 0.29) is 12.4 Å². The molecule has 2 aromatic carbocycles. The van der Waals surface area contributed by atoms with Gasteiger partial charge in [0, 0.05) is 0 Å². The predicted molar refractivity (Wildman–Crippen MR) is 87.6 cm³/mol. The van der Waals surface area contributed by atoms with Crippen LogP contribution in [0.5, 0.6) is 0 Å². The molecule has 2 heterocycles. The standard InChI is InChI=1S/C17H13N4.ClH/c1-3-7-14(8-4-1)20-13-21(15-9-5-2-6-10-15)17-16(20)18-11-12-19-17;/h1-13H;1H/q+1;. The van der Waals surface area contributed by atoms with E-state index in [9.17, 15) is 0 Å². The van der Waals surface area contributed by atoms with Gasteiger partial charge >= 0.3 is 5.65 Å². The maximum atomic E-state index is 4.48. The van der Waals surface area contributed by atoms with Crippen molar-refractivity contribution >= 4 is 23.7 Å². The van der Waals surface area contributed by atoms with Gasteiger partial charge in [-0.2, -0.15) is 4.57 Å². The molecule has 0 radical (unpaired) electrons. The van der Waals surface area contributed by atoms with E-state index in [1.807, 2.05) is 42.7 Å². The van der Waals surface area contributed by atoms with Crippen LogP contribution in [0.4, 0.5) is 0 Å². The Labute approximate surface area is 134 Å². The van der Waals surface area contributed by atoms with Crippen LogP contribution < -0.4 is 4.57 Å². The van der Waals surface area contributed by atoms with Gasteiger partial charge in [0.2, 0.25) is 6.33 Å². The largest absolute Gasteiger partial charge is 0.327 e. The van der Waals surface area contributed by atoms with Gasteiger partial charge in [0.25, 0.3) is 5.65 Å². The van der Waals surface area contributed by atoms with Crippen molar-refractivity contribution in [3.05, 3.63) is 79.4 Å². The van der Waals surface area contributed by atoms with Crippen LogP contribution in [0, 0.1) is 0 Å². The molecule has 0 spiro atoms. The Balaban J connectivity index is 0.00000144. The molecule has 0 saturated carbocycles. The summed E-state index contributed by atoms with van der Waals surface area (Å²) in [5.74, 6) is 0. The van der Waals surface area contributed by atoms with Crippen LogP contribution in [0.25, 0.3) is 22.7 Å². The minimum Gasteiger partial charge on any atom is -0.215 e. The highest BCUT2D eigenvalue weighted by Gasteiger charge is 2.19. The third kappa shape index (κ3) is 2.34. The molecule has 0 N–H and O–H groups in total. The number of fused-ring (bicyclic) bond motifs is 1. The molecule has 108 valence electrons. The monoisotopic (exact) mass is 309 g/mol. The van der Waals surface area contributed by atoms with E-state index in [1.54, 1.807) is 12.4 Å². The van der Waals surface area contributed by atoms with Gasteiger partial charge in [0.05, 0.1) is 6.20 Å². The molecule has 0 saturated heterocycles. The second kappa shape index (κ2) is 5.95. The number of para-hydroxylation sites is 2. The van der Waals surface area contributed by atoms with E-state index in [0.717, 1.165) is 22.7 Å². The lowest BCUT2D eigenvalue weighted by molar-refractivity contribution is -0.570. The molecule has 0 aliphatic heterocycles. The van der Waals surface area contributed by atoms with E-state index in [0.29, 0.717) is 0 Å². The van der Waals surface area contributed by atoms with Crippen LogP contribution in [0.1, 0.15) is 0 Å². The quantitative estimate of drug-likeness (QED) is 0.533. The van der Waals surface area contributed by atoms with Crippen molar-refractivity contribution in [1.29, 1.82) is 0 Å². The Hall–Kier alpha value is -2.72. The van der Waals surface area contributed by atoms with Crippen molar-refractivity contribution in [3.8, 4) is 11.4 Å². The van der Waals surface area contributed by atoms with Gasteiger partial charge in [-0.05, 0) is 24.3 Å². The number of hydrogen-bond acceptors (Lipinski definition) is 2. The lowest BCUT2D eigenvalue weighted by Gasteiger charge is -1.97. The van der Waals surface area contributed by atoms with Gasteiger partial charge in [-0.15, -0.1) is 17.4 Å². The lowest BCUT2D eigenvalue weighted by Crippen LogP contribution is -2.29. The summed E-state index contributed by atoms with van der Waals surface area (Å²) in [6, 6.07) is 20.3. The Kier molecular flexibility index (Phi) is 3.85. The van der Waals surface area contributed by atoms with Gasteiger partial charge in [0.15, 0.2) is 0 Å². The van der Waals surface area contributed by atoms with E-state index in [2.05, 4.69) is 43.4 Å². The average molecular weight is 310 g/mol. The van der Waals surface area contributed by atoms with Crippen molar-refractivity contribution in [1.82, 2.24) is 14.5 Å². The number of halogens is 1. The van der Waals surface area contributed by atoms with E-state index >= 15 is 0 Å². The maximum Gasteiger partial charge on any atom is 0.327 e. The number of hydrogen-bond donors (Lipinski definition) is 0. The second-order valence-electron chi connectivity index (χ2n) is 4.73. The van der Waals surface area contributed by atoms with Gasteiger partial charge in [-0.1, -0.05) is 36.4 Å². The zero-order valence-corrected chi connectivity index (χ0v) is 12.5. The molecule has 0 amide bonds. The molecule has 2 aromatic heterocycles. The van der Waals surface area contributed by atoms with Crippen molar-refractivity contribution in [2.45, 2.75) is 0 Å². The first kappa shape index (κ1) is 14.2. The summed E-state index contributed by atoms with van der Waals surface area (Å²) in [6.45, 7) is 0. The normalized spacial score (nSPS) is 10.4. The fraction of sp³-hybridized carbons (Fsp3) is 0. The molecule has 0 atom stereocenters. The highest BCUT2D eigenvalue weighted by molar-refractivity contribution is 5.85. The lowest BCUT2D eigenvalue weighted by atomic mass is 10.3. The molecule has 5 heteroatoms. The van der Waals surface area contributed by atoms with Crippen molar-refractivity contribution < 1.29 is 4.57 Å². The van der Waals surface area contributed by atoms with Crippen LogP contribution in [-0.2, 0) is 0 Å². The molecular weight excluding hydrogens is 296 g/mol. The number of rotatable bonds is 2. The molecule has 0 aliphatic rings. The summed E-state index contributed by atoms with van der Waals surface area (Å²) in [5.41, 5.74) is 3.82. The first-order valence-electron chi connectivity index (χ1n) is 6.78. The predicted octanol–water partition coefficient (Wildman–Crippen LogP) is 3.12. The number of aromatic nitrogens is 4. The Morgan fingerprint density at radius 1 is 0.773 bits per heavy atom. The summed E-state index contributed by atoms with van der Waals surface area (Å²) in [6.07, 6.45) is 5.46. The minimum absolute atomic E-state index is 0. The molecule has 0 unspecified atom stereocenters. The smallest absolute Gasteiger partial charge is 0.215 e. The average Bonchev–Trinajstić information content (AvgIpc) is 2.96. The second-order valence-corrected chi connectivity index (χ2v) is 4.73. The van der Waals surface area contributed by atoms with Gasteiger partial charge in [-0.25, -0.2) is 9.55 Å². The first-order valence-corrected chi connectivity index (χ1v) is 6.78. The fourth-order valence-electron chi connectivity index (χ4n) is 2.44. The number of nitrogens with zero attached hydrogens (tertiary/aromatic N) is 4. The maximum absolute atomic E-state index is 4.48. The van der Waals surface area contributed by atoms with Crippen LogP contribution in [-0.4, -0.2) is 14.5 Å². The van der Waals surface area contributed by atoms with Crippen LogP contribution in [0.2, 0.25) is 0 Å². The highest BCUT2D eigenvalue weighted by Crippen LogP contribution is 2.14. The third-order valence-corrected chi connectivity index (χ3v) is 3.42. The fourth-order valence-corrected chi connectivity index (χ4v) is 2.44. The van der Waals surface area contributed by atoms with Crippen molar-refractivity contribution in [3.63, 3.8) is 0 Å². The minimum atomic E-state index is 0. The van der Waals surface area contributed by atoms with E-state index in [4.69, 9.17) is 0 Å². The SMILES string of the molecule is Cl.c1ccc(-n2c[n+](-c3ccccc3)c3nccnc32)cc1. The summed E-state index contributed by atoms with van der Waals surface area (Å²) < 4.78 is 4.10. The van der Waals surface area contributed by atoms with Crippen LogP contribution in [0.15, 0.2) is 79.4 Å². The Bertz CT molecular complexity index is 815. The molecule has 0 bridgehead atoms. The summed E-state index contributed by atoms with van der Waals surface area (Å²) in [5, 5.41) is 0. The Morgan fingerprint density at radius 3 is 2.14 bits per heavy atom. The van der Waals surface area contributed by atoms with Gasteiger partial charge in [-0.3, -0.25) is 0 Å². The molecule has 4 nitrogen and oxygen atoms in total. The molecule has 22 heavy (non-hydrogen) atoms. The summed E-state index contributed by atoms with van der Waals surface area (Å²) in [4.78, 5) is 8.97. The summed E-state index contributed by atoms with van der Waals surface area (Å²) >= 11 is 0. The Morgan fingerprint density at radius 2 is 1.41 bits per heavy atom. The summed E-state index contributed by atoms with van der Waals surface area (Å²) in [7, 11) is 0. The number of benzene rings is 2.